The van der Waals surface area contributed by atoms with E-state index in [-0.39, 0.29) is 12.1 Å². The van der Waals surface area contributed by atoms with E-state index in [1.165, 1.54) is 6.40 Å². The Morgan fingerprint density at radius 1 is 1.88 bits per heavy atom. The van der Waals surface area contributed by atoms with Crippen LogP contribution >= 0.6 is 0 Å². The molecule has 46 valence electrons. The van der Waals surface area contributed by atoms with Crippen LogP contribution in [0.5, 0.6) is 0 Å². The molecule has 0 aromatic carbocycles. The van der Waals surface area contributed by atoms with Crippen molar-refractivity contribution in [1.82, 2.24) is 0 Å². The van der Waals surface area contributed by atoms with Crippen LogP contribution in [0.4, 0.5) is 0 Å². The van der Waals surface area contributed by atoms with Gasteiger partial charge >= 0.3 is 0 Å². The minimum absolute atomic E-state index is 0.181. The van der Waals surface area contributed by atoms with Crippen molar-refractivity contribution in [2.24, 2.45) is 10.7 Å². The molecule has 1 heterocycles. The van der Waals surface area contributed by atoms with Crippen molar-refractivity contribution in [3.63, 3.8) is 0 Å². The zero-order valence-electron chi connectivity index (χ0n) is 4.87. The highest BCUT2D eigenvalue weighted by atomic mass is 16.5. The van der Waals surface area contributed by atoms with E-state index in [4.69, 9.17) is 10.5 Å². The molecule has 2 N–H and O–H groups in total. The van der Waals surface area contributed by atoms with Crippen LogP contribution in [0, 0.1) is 0 Å². The Kier molecular flexibility index (Phi) is 1.48. The number of aliphatic imine (C=N–C) groups is 1. The van der Waals surface area contributed by atoms with Gasteiger partial charge in [-0.15, -0.1) is 0 Å². The predicted octanol–water partition coefficient (Wildman–Crippen LogP) is -0.239. The third kappa shape index (κ3) is 0.816. The topological polar surface area (TPSA) is 47.6 Å². The lowest BCUT2D eigenvalue weighted by Crippen LogP contribution is -2.26. The van der Waals surface area contributed by atoms with Gasteiger partial charge in [0.05, 0.1) is 0 Å². The maximum absolute atomic E-state index is 5.33. The first kappa shape index (κ1) is 5.56. The third-order valence-electron chi connectivity index (χ3n) is 1.31. The lowest BCUT2D eigenvalue weighted by atomic mass is 10.2. The van der Waals surface area contributed by atoms with Gasteiger partial charge in [-0.1, -0.05) is 0 Å². The smallest absolute Gasteiger partial charge is 0.170 e. The molecule has 0 saturated carbocycles. The molecular formula is C5H10N2O. The molecule has 1 aliphatic heterocycles. The molecule has 0 aromatic heterocycles. The average Bonchev–Trinajstić information content (AvgIpc) is 2.14. The first-order valence-corrected chi connectivity index (χ1v) is 2.71. The average molecular weight is 114 g/mol. The highest BCUT2D eigenvalue weighted by Gasteiger charge is 2.18. The van der Waals surface area contributed by atoms with Crippen LogP contribution in [-0.2, 0) is 4.74 Å². The zero-order valence-corrected chi connectivity index (χ0v) is 4.87. The van der Waals surface area contributed by atoms with E-state index in [2.05, 4.69) is 4.99 Å². The Hall–Kier alpha value is -0.570. The Labute approximate surface area is 48.5 Å². The quantitative estimate of drug-likeness (QED) is 0.511. The molecule has 0 radical (unpaired) electrons. The monoisotopic (exact) mass is 114 g/mol. The Morgan fingerprint density at radius 2 is 2.62 bits per heavy atom. The molecule has 1 aliphatic rings. The summed E-state index contributed by atoms with van der Waals surface area (Å²) in [4.78, 5) is 3.96. The van der Waals surface area contributed by atoms with Gasteiger partial charge in [-0.3, -0.25) is 0 Å². The van der Waals surface area contributed by atoms with Crippen LogP contribution in [-0.4, -0.2) is 25.1 Å². The highest BCUT2D eigenvalue weighted by Crippen LogP contribution is 2.05. The second kappa shape index (κ2) is 2.13. The number of nitrogens with zero attached hydrogens (tertiary/aromatic N) is 1. The van der Waals surface area contributed by atoms with E-state index in [1.54, 1.807) is 0 Å². The normalized spacial score (nSPS) is 35.2. The fraction of sp³-hybridized carbons (Fsp3) is 0.800. The van der Waals surface area contributed by atoms with Gasteiger partial charge < -0.3 is 10.5 Å². The van der Waals surface area contributed by atoms with E-state index in [0.29, 0.717) is 6.54 Å². The Bertz CT molecular complexity index is 103. The molecule has 2 atom stereocenters. The summed E-state index contributed by atoms with van der Waals surface area (Å²) in [5.41, 5.74) is 5.33. The first-order chi connectivity index (χ1) is 3.84. The molecular weight excluding hydrogens is 104 g/mol. The molecule has 0 saturated heterocycles. The molecule has 0 aliphatic carbocycles. The van der Waals surface area contributed by atoms with E-state index < -0.39 is 0 Å². The molecule has 1 rings (SSSR count). The molecule has 0 amide bonds. The zero-order chi connectivity index (χ0) is 5.98. The number of rotatable bonds is 1. The minimum atomic E-state index is 0.181. The summed E-state index contributed by atoms with van der Waals surface area (Å²) < 4.78 is 4.98. The van der Waals surface area contributed by atoms with E-state index in [9.17, 15) is 0 Å². The fourth-order valence-corrected chi connectivity index (χ4v) is 0.674. The molecule has 0 bridgehead atoms. The molecule has 8 heavy (non-hydrogen) atoms. The lowest BCUT2D eigenvalue weighted by Gasteiger charge is -2.07. The standard InChI is InChI=1S/C5H10N2O/c1-4-5(2-6)7-3-8-4/h3-5H,2,6H2,1H3. The van der Waals surface area contributed by atoms with Gasteiger partial charge in [-0.05, 0) is 6.92 Å². The molecule has 0 spiro atoms. The fourth-order valence-electron chi connectivity index (χ4n) is 0.674. The van der Waals surface area contributed by atoms with Crippen LogP contribution in [0.3, 0.4) is 0 Å². The van der Waals surface area contributed by atoms with E-state index in [0.717, 1.165) is 0 Å². The van der Waals surface area contributed by atoms with Gasteiger partial charge in [0.15, 0.2) is 6.40 Å². The SMILES string of the molecule is CC1OC=NC1CN. The summed E-state index contributed by atoms with van der Waals surface area (Å²) >= 11 is 0. The third-order valence-corrected chi connectivity index (χ3v) is 1.31. The maximum Gasteiger partial charge on any atom is 0.170 e. The van der Waals surface area contributed by atoms with E-state index in [1.807, 2.05) is 6.92 Å². The van der Waals surface area contributed by atoms with Crippen LogP contribution in [0.2, 0.25) is 0 Å². The van der Waals surface area contributed by atoms with E-state index >= 15 is 0 Å². The van der Waals surface area contributed by atoms with Crippen LogP contribution in [0.15, 0.2) is 4.99 Å². The number of ether oxygens (including phenoxy) is 1. The van der Waals surface area contributed by atoms with Gasteiger partial charge in [0, 0.05) is 6.54 Å². The summed E-state index contributed by atoms with van der Waals surface area (Å²) in [7, 11) is 0. The summed E-state index contributed by atoms with van der Waals surface area (Å²) in [5, 5.41) is 0. The van der Waals surface area contributed by atoms with Crippen molar-refractivity contribution >= 4 is 6.40 Å². The second-order valence-electron chi connectivity index (χ2n) is 1.90. The van der Waals surface area contributed by atoms with Crippen molar-refractivity contribution in [3.8, 4) is 0 Å². The summed E-state index contributed by atoms with van der Waals surface area (Å²) in [6, 6.07) is 0.190. The van der Waals surface area contributed by atoms with Crippen LogP contribution in [0.1, 0.15) is 6.92 Å². The summed E-state index contributed by atoms with van der Waals surface area (Å²) in [5.74, 6) is 0. The first-order valence-electron chi connectivity index (χ1n) is 2.71. The Balaban J connectivity index is 2.41. The largest absolute Gasteiger partial charge is 0.478 e. The van der Waals surface area contributed by atoms with Crippen molar-refractivity contribution in [2.45, 2.75) is 19.1 Å². The maximum atomic E-state index is 5.33. The van der Waals surface area contributed by atoms with Crippen LogP contribution < -0.4 is 5.73 Å². The molecule has 3 nitrogen and oxygen atoms in total. The van der Waals surface area contributed by atoms with Crippen molar-refractivity contribution in [2.75, 3.05) is 6.54 Å². The number of hydrogen-bond acceptors (Lipinski definition) is 3. The molecule has 0 fully saturated rings. The highest BCUT2D eigenvalue weighted by molar-refractivity contribution is 5.49. The summed E-state index contributed by atoms with van der Waals surface area (Å²) in [6.45, 7) is 2.54. The molecule has 0 aromatic rings. The number of nitrogens with two attached hydrogens (primary N) is 1. The minimum Gasteiger partial charge on any atom is -0.478 e. The lowest BCUT2D eigenvalue weighted by molar-refractivity contribution is 0.223. The van der Waals surface area contributed by atoms with Crippen LogP contribution in [0.25, 0.3) is 0 Å². The van der Waals surface area contributed by atoms with Gasteiger partial charge in [-0.2, -0.15) is 0 Å². The van der Waals surface area contributed by atoms with Gasteiger partial charge in [-0.25, -0.2) is 4.99 Å². The van der Waals surface area contributed by atoms with Crippen molar-refractivity contribution < 1.29 is 4.74 Å². The van der Waals surface area contributed by atoms with Gasteiger partial charge in [0.1, 0.15) is 12.1 Å². The summed E-state index contributed by atoms with van der Waals surface area (Å²) in [6.07, 6.45) is 1.65. The van der Waals surface area contributed by atoms with Crippen molar-refractivity contribution in [3.05, 3.63) is 0 Å². The second-order valence-corrected chi connectivity index (χ2v) is 1.90. The van der Waals surface area contributed by atoms with Crippen molar-refractivity contribution in [1.29, 1.82) is 0 Å². The molecule has 3 heteroatoms. The Morgan fingerprint density at radius 3 is 2.88 bits per heavy atom. The van der Waals surface area contributed by atoms with Gasteiger partial charge in [0.2, 0.25) is 0 Å². The molecule has 2 unspecified atom stereocenters. The predicted molar refractivity (Wildman–Crippen MR) is 31.9 cm³/mol. The number of hydrogen-bond donors (Lipinski definition) is 1. The van der Waals surface area contributed by atoms with Gasteiger partial charge in [0.25, 0.3) is 0 Å².